The molecule has 4 N–H and O–H groups in total. The zero-order chi connectivity index (χ0) is 39.5. The van der Waals surface area contributed by atoms with Crippen molar-refractivity contribution in [2.75, 3.05) is 26.7 Å². The smallest absolute Gasteiger partial charge is 0.247 e. The van der Waals surface area contributed by atoms with E-state index < -0.39 is 35.4 Å². The van der Waals surface area contributed by atoms with E-state index in [9.17, 15) is 33.9 Å². The van der Waals surface area contributed by atoms with Crippen molar-refractivity contribution in [3.05, 3.63) is 24.3 Å². The molecule has 2 saturated carbocycles. The largest absolute Gasteiger partial charge is 0.367 e. The minimum atomic E-state index is -1.52. The molecule has 296 valence electrons. The molecule has 1 saturated heterocycles. The Morgan fingerprint density at radius 2 is 1.56 bits per heavy atom. The number of likely N-dealkylation sites (N-methyl/N-ethyl adjacent to an activating group) is 1. The highest BCUT2D eigenvalue weighted by Gasteiger charge is 2.43. The third-order valence-electron chi connectivity index (χ3n) is 8.07. The summed E-state index contributed by atoms with van der Waals surface area (Å²) in [6, 6.07) is -1.02. The molecule has 1 aromatic heterocycles. The molecule has 1 aromatic rings. The maximum Gasteiger partial charge on any atom is 0.247 e. The minimum absolute atomic E-state index is 0.0807. The lowest BCUT2D eigenvalue weighted by molar-refractivity contribution is -0.157. The first-order valence-corrected chi connectivity index (χ1v) is 18.9. The summed E-state index contributed by atoms with van der Waals surface area (Å²) in [5.41, 5.74) is -0.189. The highest BCUT2D eigenvalue weighted by Crippen LogP contribution is 2.27. The second kappa shape index (κ2) is 27.8. The molecule has 0 spiro atoms. The topological polar surface area (TPSA) is 191 Å². The second-order valence-electron chi connectivity index (χ2n) is 14.2. The zero-order valence-electron chi connectivity index (χ0n) is 33.0. The fraction of sp³-hybridized carbons (Fsp3) is 0.737. The first-order chi connectivity index (χ1) is 24.7. The van der Waals surface area contributed by atoms with Gasteiger partial charge in [-0.25, -0.2) is 0 Å². The molecule has 0 radical (unpaired) electrons. The van der Waals surface area contributed by atoms with E-state index in [4.69, 9.17) is 0 Å². The molecular weight excluding hydrogens is 666 g/mol. The van der Waals surface area contributed by atoms with E-state index >= 15 is 0 Å². The molecule has 2 aliphatic carbocycles. The Labute approximate surface area is 311 Å². The summed E-state index contributed by atoms with van der Waals surface area (Å²) in [5.74, 6) is -1.58. The van der Waals surface area contributed by atoms with E-state index in [1.807, 2.05) is 27.7 Å². The Morgan fingerprint density at radius 1 is 0.981 bits per heavy atom. The highest BCUT2D eigenvalue weighted by atomic mass is 16.3. The molecule has 3 fully saturated rings. The van der Waals surface area contributed by atoms with Crippen LogP contribution in [-0.4, -0.2) is 112 Å². The predicted molar refractivity (Wildman–Crippen MR) is 202 cm³/mol. The molecule has 3 atom stereocenters. The van der Waals surface area contributed by atoms with Crippen LogP contribution in [0.3, 0.4) is 0 Å². The quantitative estimate of drug-likeness (QED) is 0.182. The van der Waals surface area contributed by atoms with Gasteiger partial charge in [0.1, 0.15) is 17.8 Å². The Bertz CT molecular complexity index is 1160. The molecule has 4 rings (SSSR count). The maximum absolute atomic E-state index is 13.3. The number of carbonyl (C=O) groups is 6. The van der Waals surface area contributed by atoms with Gasteiger partial charge in [0.05, 0.1) is 12.7 Å². The van der Waals surface area contributed by atoms with Gasteiger partial charge in [-0.3, -0.25) is 38.7 Å². The van der Waals surface area contributed by atoms with Crippen molar-refractivity contribution in [1.29, 1.82) is 0 Å². The monoisotopic (exact) mass is 734 g/mol. The number of likely N-dealkylation sites (tertiary alicyclic amines) is 1. The number of nitrogens with zero attached hydrogens (tertiary/aromatic N) is 4. The van der Waals surface area contributed by atoms with Gasteiger partial charge in [0.25, 0.3) is 0 Å². The number of aliphatic hydroxyl groups excluding tert-OH is 1. The number of aliphatic hydroxyl groups is 1. The van der Waals surface area contributed by atoms with Gasteiger partial charge < -0.3 is 30.9 Å². The number of nitrogens with one attached hydrogen (secondary N) is 3. The second-order valence-corrected chi connectivity index (χ2v) is 14.2. The average Bonchev–Trinajstić information content (AvgIpc) is 3.82. The van der Waals surface area contributed by atoms with Gasteiger partial charge in [0.2, 0.25) is 24.1 Å². The fourth-order valence-corrected chi connectivity index (χ4v) is 5.26. The average molecular weight is 734 g/mol. The maximum atomic E-state index is 13.3. The van der Waals surface area contributed by atoms with Gasteiger partial charge in [-0.2, -0.15) is 0 Å². The van der Waals surface area contributed by atoms with Crippen molar-refractivity contribution in [2.45, 2.75) is 150 Å². The lowest BCUT2D eigenvalue weighted by Crippen LogP contribution is -2.59. The number of ketones is 1. The molecule has 1 aliphatic heterocycles. The van der Waals surface area contributed by atoms with E-state index in [1.165, 1.54) is 88.2 Å². The van der Waals surface area contributed by atoms with E-state index in [0.717, 1.165) is 11.3 Å². The minimum Gasteiger partial charge on any atom is -0.367 e. The van der Waals surface area contributed by atoms with E-state index in [2.05, 4.69) is 39.8 Å². The molecular formula is C38H67N7O7. The normalized spacial score (nSPS) is 17.2. The predicted octanol–water partition coefficient (Wildman–Crippen LogP) is 3.81. The van der Waals surface area contributed by atoms with Crippen molar-refractivity contribution < 1.29 is 33.9 Å². The molecule has 14 heteroatoms. The summed E-state index contributed by atoms with van der Waals surface area (Å²) in [4.78, 5) is 79.6. The van der Waals surface area contributed by atoms with Crippen molar-refractivity contribution in [3.63, 3.8) is 0 Å². The highest BCUT2D eigenvalue weighted by molar-refractivity contribution is 5.94. The van der Waals surface area contributed by atoms with E-state index in [1.54, 1.807) is 7.05 Å². The summed E-state index contributed by atoms with van der Waals surface area (Å²) in [7, 11) is 1.64. The van der Waals surface area contributed by atoms with Gasteiger partial charge in [0, 0.05) is 31.5 Å². The van der Waals surface area contributed by atoms with Crippen LogP contribution in [0.4, 0.5) is 0 Å². The molecule has 3 unspecified atom stereocenters. The van der Waals surface area contributed by atoms with Crippen LogP contribution in [0.1, 0.15) is 136 Å². The molecule has 2 heterocycles. The van der Waals surface area contributed by atoms with Gasteiger partial charge in [0.15, 0.2) is 18.3 Å². The molecule has 4 amide bonds. The number of Topliss-reactive ketones (excluding diaryl/α,β-unsaturated/α-hetero) is 1. The third kappa shape index (κ3) is 20.3. The SMILES string of the molecule is C1CCCCC1.CCC.CCCN(C(=O)C1CCCN1C(=O)C(NC(=O)CNC)C(C)(C)C)C(O)C(C)=O.O=CNC1CC1.O=Cc1cnccn1. The van der Waals surface area contributed by atoms with Crippen molar-refractivity contribution in [1.82, 2.24) is 35.7 Å². The number of carbonyl (C=O) groups excluding carboxylic acids is 6. The van der Waals surface area contributed by atoms with Crippen molar-refractivity contribution >= 4 is 36.2 Å². The van der Waals surface area contributed by atoms with Gasteiger partial charge in [-0.1, -0.05) is 86.5 Å². The van der Waals surface area contributed by atoms with Crippen LogP contribution in [-0.2, 0) is 24.0 Å². The lowest BCUT2D eigenvalue weighted by atomic mass is 9.85. The number of hydrogen-bond acceptors (Lipinski definition) is 10. The van der Waals surface area contributed by atoms with Crippen LogP contribution in [0.5, 0.6) is 0 Å². The summed E-state index contributed by atoms with van der Waals surface area (Å²) < 4.78 is 0. The molecule has 14 nitrogen and oxygen atoms in total. The lowest BCUT2D eigenvalue weighted by Gasteiger charge is -2.37. The van der Waals surface area contributed by atoms with Crippen molar-refractivity contribution in [2.24, 2.45) is 5.41 Å². The molecule has 0 bridgehead atoms. The summed E-state index contributed by atoms with van der Waals surface area (Å²) >= 11 is 0. The number of rotatable bonds is 12. The molecule has 3 aliphatic rings. The molecule has 0 aromatic carbocycles. The van der Waals surface area contributed by atoms with Crippen LogP contribution in [0.2, 0.25) is 0 Å². The Morgan fingerprint density at radius 3 is 1.92 bits per heavy atom. The van der Waals surface area contributed by atoms with Gasteiger partial charge >= 0.3 is 0 Å². The Hall–Kier alpha value is -3.78. The zero-order valence-corrected chi connectivity index (χ0v) is 33.0. The van der Waals surface area contributed by atoms with Crippen LogP contribution in [0.15, 0.2) is 18.6 Å². The first kappa shape index (κ1) is 48.2. The third-order valence-corrected chi connectivity index (χ3v) is 8.07. The number of amides is 4. The van der Waals surface area contributed by atoms with E-state index in [-0.39, 0.29) is 24.9 Å². The van der Waals surface area contributed by atoms with Crippen LogP contribution < -0.4 is 16.0 Å². The number of aromatic nitrogens is 2. The summed E-state index contributed by atoms with van der Waals surface area (Å²) in [6.07, 6.45) is 18.6. The standard InChI is InChI=1S/C20H36N4O5.C6H12.C5H4N2O.C4H7NO.C3H8/c1-7-10-24(17(27)13(2)25)18(28)14-9-8-11-23(14)19(29)16(20(3,4)5)22-15(26)12-21-6;1-2-4-6-5-3-1;8-4-5-3-6-1-2-7-5;6-3-5-4-1-2-4;1-3-2/h14,16-17,21,27H,7-12H2,1-6H3,(H,22,26);1-6H2;1-4H;3-4H,1-2H2,(H,5,6);3H2,1-2H3. The van der Waals surface area contributed by atoms with Crippen LogP contribution in [0.25, 0.3) is 0 Å². The van der Waals surface area contributed by atoms with E-state index in [0.29, 0.717) is 43.8 Å². The number of aldehydes is 1. The fourth-order valence-electron chi connectivity index (χ4n) is 5.26. The van der Waals surface area contributed by atoms with Gasteiger partial charge in [-0.05, 0) is 51.5 Å². The van der Waals surface area contributed by atoms with Crippen LogP contribution in [0, 0.1) is 5.41 Å². The molecule has 52 heavy (non-hydrogen) atoms. The summed E-state index contributed by atoms with van der Waals surface area (Å²) in [5, 5.41) is 18.3. The number of hydrogen-bond donors (Lipinski definition) is 4. The Kier molecular flexibility index (Phi) is 25.8. The van der Waals surface area contributed by atoms with Gasteiger partial charge in [-0.15, -0.1) is 0 Å². The Balaban J connectivity index is 0.000000890. The first-order valence-electron chi connectivity index (χ1n) is 18.9. The van der Waals surface area contributed by atoms with Crippen LogP contribution >= 0.6 is 0 Å². The summed E-state index contributed by atoms with van der Waals surface area (Å²) in [6.45, 7) is 13.6. The van der Waals surface area contributed by atoms with Crippen molar-refractivity contribution in [3.8, 4) is 0 Å².